The van der Waals surface area contributed by atoms with Gasteiger partial charge in [0.1, 0.15) is 5.92 Å². The fourth-order valence-electron chi connectivity index (χ4n) is 1.77. The Morgan fingerprint density at radius 2 is 2.18 bits per heavy atom. The van der Waals surface area contributed by atoms with E-state index in [4.69, 9.17) is 40.1 Å². The lowest BCUT2D eigenvalue weighted by molar-refractivity contribution is -0.502. The first kappa shape index (κ1) is 14.3. The predicted octanol–water partition coefficient (Wildman–Crippen LogP) is 1.70. The minimum Gasteiger partial charge on any atom is -0.465 e. The van der Waals surface area contributed by atoms with Gasteiger partial charge in [-0.2, -0.15) is 5.26 Å². The maximum absolute atomic E-state index is 11.6. The molecule has 0 aromatic carbocycles. The van der Waals surface area contributed by atoms with E-state index >= 15 is 0 Å². The van der Waals surface area contributed by atoms with Crippen molar-refractivity contribution in [2.45, 2.75) is 16.8 Å². The van der Waals surface area contributed by atoms with Gasteiger partial charge < -0.3 is 4.74 Å². The highest BCUT2D eigenvalue weighted by Crippen LogP contribution is 2.64. The van der Waals surface area contributed by atoms with Gasteiger partial charge in [-0.25, -0.2) is 0 Å². The Morgan fingerprint density at radius 1 is 1.65 bits per heavy atom. The third-order valence-electron chi connectivity index (χ3n) is 2.54. The Balaban J connectivity index is 3.13. The van der Waals surface area contributed by atoms with Crippen molar-refractivity contribution in [1.29, 1.82) is 5.26 Å². The second-order valence-electron chi connectivity index (χ2n) is 3.45. The number of alkyl halides is 3. The van der Waals surface area contributed by atoms with Crippen molar-refractivity contribution in [1.82, 2.24) is 0 Å². The lowest BCUT2D eigenvalue weighted by Crippen LogP contribution is -2.26. The third kappa shape index (κ3) is 2.15. The second kappa shape index (κ2) is 4.48. The van der Waals surface area contributed by atoms with Gasteiger partial charge in [-0.05, 0) is 6.92 Å². The fraction of sp³-hybridized carbons (Fsp3) is 0.750. The van der Waals surface area contributed by atoms with Crippen LogP contribution < -0.4 is 0 Å². The predicted molar refractivity (Wildman–Crippen MR) is 59.2 cm³/mol. The first-order chi connectivity index (χ1) is 7.73. The maximum atomic E-state index is 11.6. The number of hydrogen-bond acceptors (Lipinski definition) is 5. The summed E-state index contributed by atoms with van der Waals surface area (Å²) < 4.78 is 2.55. The number of carbonyl (C=O) groups excluding carboxylic acids is 1. The topological polar surface area (TPSA) is 93.2 Å². The van der Waals surface area contributed by atoms with Crippen LogP contribution in [0.15, 0.2) is 0 Å². The largest absolute Gasteiger partial charge is 0.465 e. The van der Waals surface area contributed by atoms with Gasteiger partial charge in [-0.1, -0.05) is 34.8 Å². The van der Waals surface area contributed by atoms with Crippen molar-refractivity contribution in [2.24, 2.45) is 11.3 Å². The molecule has 1 aliphatic carbocycles. The molecule has 0 aliphatic heterocycles. The van der Waals surface area contributed by atoms with Crippen LogP contribution in [0.5, 0.6) is 0 Å². The normalized spacial score (nSPS) is 31.5. The summed E-state index contributed by atoms with van der Waals surface area (Å²) in [4.78, 5) is 21.6. The molecule has 1 rings (SSSR count). The van der Waals surface area contributed by atoms with E-state index in [1.54, 1.807) is 6.07 Å². The van der Waals surface area contributed by atoms with Gasteiger partial charge in [0, 0.05) is 4.92 Å². The van der Waals surface area contributed by atoms with E-state index in [1.807, 2.05) is 0 Å². The molecule has 1 aliphatic rings. The maximum Gasteiger partial charge on any atom is 0.334 e. The van der Waals surface area contributed by atoms with Crippen LogP contribution in [0.3, 0.4) is 0 Å². The van der Waals surface area contributed by atoms with E-state index in [1.165, 1.54) is 6.92 Å². The molecular weight excluding hydrogens is 294 g/mol. The average Bonchev–Trinajstić information content (AvgIpc) is 2.88. The van der Waals surface area contributed by atoms with Crippen LogP contribution in [0, 0.1) is 32.8 Å². The fourth-order valence-corrected chi connectivity index (χ4v) is 2.65. The van der Waals surface area contributed by atoms with Gasteiger partial charge in [0.2, 0.25) is 9.21 Å². The summed E-state index contributed by atoms with van der Waals surface area (Å²) in [5, 5.41) is 19.7. The zero-order valence-corrected chi connectivity index (χ0v) is 10.8. The van der Waals surface area contributed by atoms with Gasteiger partial charge in [-0.3, -0.25) is 14.9 Å². The zero-order valence-electron chi connectivity index (χ0n) is 8.52. The summed E-state index contributed by atoms with van der Waals surface area (Å²) in [6, 6.07) is -0.000903. The smallest absolute Gasteiger partial charge is 0.334 e. The van der Waals surface area contributed by atoms with E-state index in [0.717, 1.165) is 0 Å². The quantitative estimate of drug-likeness (QED) is 0.342. The second-order valence-corrected chi connectivity index (χ2v) is 5.82. The van der Waals surface area contributed by atoms with Crippen molar-refractivity contribution in [3.05, 3.63) is 10.1 Å². The SMILES string of the molecule is CCOC(=O)C1(C#N)[C@H]([N+](=O)[O-])[C@H]1C(Cl)(Cl)Cl. The molecule has 1 fully saturated rings. The van der Waals surface area contributed by atoms with Crippen LogP contribution in [0.1, 0.15) is 6.92 Å². The minimum absolute atomic E-state index is 0.0146. The summed E-state index contributed by atoms with van der Waals surface area (Å²) in [5.41, 5.74) is -2.01. The van der Waals surface area contributed by atoms with Crippen molar-refractivity contribution in [2.75, 3.05) is 6.61 Å². The number of nitriles is 1. The minimum atomic E-state index is -2.07. The molecule has 0 bridgehead atoms. The highest BCUT2D eigenvalue weighted by molar-refractivity contribution is 6.68. The van der Waals surface area contributed by atoms with Crippen LogP contribution in [0.4, 0.5) is 0 Å². The first-order valence-corrected chi connectivity index (χ1v) is 5.65. The van der Waals surface area contributed by atoms with E-state index in [0.29, 0.717) is 0 Å². The number of rotatable bonds is 3. The Kier molecular flexibility index (Phi) is 3.77. The van der Waals surface area contributed by atoms with E-state index < -0.39 is 32.1 Å². The van der Waals surface area contributed by atoms with Crippen LogP contribution in [-0.4, -0.2) is 27.3 Å². The van der Waals surface area contributed by atoms with Crippen LogP contribution in [0.25, 0.3) is 0 Å². The summed E-state index contributed by atoms with van der Waals surface area (Å²) in [6.07, 6.45) is 0. The molecule has 0 radical (unpaired) electrons. The van der Waals surface area contributed by atoms with E-state index in [-0.39, 0.29) is 6.61 Å². The van der Waals surface area contributed by atoms with E-state index in [9.17, 15) is 14.9 Å². The molecular formula is C8H7Cl3N2O4. The Hall–Kier alpha value is -0.770. The van der Waals surface area contributed by atoms with Gasteiger partial charge >= 0.3 is 5.97 Å². The summed E-state index contributed by atoms with van der Waals surface area (Å²) >= 11 is 16.6. The molecule has 0 amide bonds. The summed E-state index contributed by atoms with van der Waals surface area (Å²) in [5.74, 6) is -2.33. The molecule has 6 nitrogen and oxygen atoms in total. The number of halogens is 3. The standard InChI is InChI=1S/C8H7Cl3N2O4/c1-2-17-6(14)7(3-12)4(8(9,10)11)5(7)13(15)16/h4-5H,2H2,1H3/t4-,5-,7?/m1/s1. The molecule has 0 N–H and O–H groups in total. The van der Waals surface area contributed by atoms with Gasteiger partial charge in [-0.15, -0.1) is 0 Å². The number of hydrogen-bond donors (Lipinski definition) is 0. The summed E-state index contributed by atoms with van der Waals surface area (Å²) in [7, 11) is 0. The van der Waals surface area contributed by atoms with Gasteiger partial charge in [0.25, 0.3) is 6.04 Å². The molecule has 0 aromatic rings. The number of carbonyl (C=O) groups is 1. The van der Waals surface area contributed by atoms with Gasteiger partial charge in [0.15, 0.2) is 0 Å². The summed E-state index contributed by atoms with van der Waals surface area (Å²) in [6.45, 7) is 1.50. The highest BCUT2D eigenvalue weighted by Gasteiger charge is 2.86. The molecule has 17 heavy (non-hydrogen) atoms. The molecule has 9 heteroatoms. The van der Waals surface area contributed by atoms with Crippen LogP contribution in [0.2, 0.25) is 0 Å². The average molecular weight is 302 g/mol. The van der Waals surface area contributed by atoms with Crippen molar-refractivity contribution < 1.29 is 14.5 Å². The molecule has 1 saturated carbocycles. The Labute approximate surface area is 112 Å². The van der Waals surface area contributed by atoms with Crippen LogP contribution in [-0.2, 0) is 9.53 Å². The lowest BCUT2D eigenvalue weighted by atomic mass is 10.1. The van der Waals surface area contributed by atoms with Crippen molar-refractivity contribution in [3.8, 4) is 6.07 Å². The Bertz CT molecular complexity index is 403. The molecule has 0 aromatic heterocycles. The molecule has 0 saturated heterocycles. The number of esters is 1. The molecule has 0 heterocycles. The van der Waals surface area contributed by atoms with Crippen molar-refractivity contribution >= 4 is 40.8 Å². The molecule has 1 unspecified atom stereocenters. The van der Waals surface area contributed by atoms with E-state index in [2.05, 4.69) is 4.74 Å². The highest BCUT2D eigenvalue weighted by atomic mass is 35.6. The monoisotopic (exact) mass is 300 g/mol. The zero-order chi connectivity index (χ0) is 13.4. The number of nitro groups is 1. The lowest BCUT2D eigenvalue weighted by Gasteiger charge is -2.10. The molecule has 0 spiro atoms. The number of nitrogens with zero attached hydrogens (tertiary/aromatic N) is 2. The van der Waals surface area contributed by atoms with Gasteiger partial charge in [0.05, 0.1) is 12.7 Å². The first-order valence-electron chi connectivity index (χ1n) is 4.52. The molecule has 3 atom stereocenters. The molecule has 94 valence electrons. The van der Waals surface area contributed by atoms with Crippen molar-refractivity contribution in [3.63, 3.8) is 0 Å². The number of ether oxygens (including phenoxy) is 1. The van der Waals surface area contributed by atoms with Crippen LogP contribution >= 0.6 is 34.8 Å². The Morgan fingerprint density at radius 3 is 2.41 bits per heavy atom. The third-order valence-corrected chi connectivity index (χ3v) is 3.25.